The highest BCUT2D eigenvalue weighted by Gasteiger charge is 2.33. The highest BCUT2D eigenvalue weighted by molar-refractivity contribution is 7.93. The first-order chi connectivity index (χ1) is 14.8. The number of para-hydroxylation sites is 2. The van der Waals surface area contributed by atoms with Crippen molar-refractivity contribution in [2.24, 2.45) is 0 Å². The SMILES string of the molecule is COC(=O)CN(c1ccc(Oc2ccccc2)cc1)S(=O)(=O)c1ccccc1[N+](=O)[O-]. The lowest BCUT2D eigenvalue weighted by atomic mass is 10.3. The smallest absolute Gasteiger partial charge is 0.326 e. The first-order valence-corrected chi connectivity index (χ1v) is 10.4. The number of sulfonamides is 1. The zero-order valence-corrected chi connectivity index (χ0v) is 17.2. The van der Waals surface area contributed by atoms with E-state index in [1.54, 1.807) is 24.3 Å². The van der Waals surface area contributed by atoms with Gasteiger partial charge in [0.2, 0.25) is 0 Å². The van der Waals surface area contributed by atoms with E-state index in [-0.39, 0.29) is 5.69 Å². The van der Waals surface area contributed by atoms with Gasteiger partial charge < -0.3 is 9.47 Å². The van der Waals surface area contributed by atoms with Crippen molar-refractivity contribution in [1.82, 2.24) is 0 Å². The summed E-state index contributed by atoms with van der Waals surface area (Å²) in [7, 11) is -3.34. The van der Waals surface area contributed by atoms with Crippen molar-refractivity contribution in [1.29, 1.82) is 0 Å². The number of methoxy groups -OCH3 is 1. The van der Waals surface area contributed by atoms with E-state index in [0.29, 0.717) is 11.5 Å². The van der Waals surface area contributed by atoms with E-state index >= 15 is 0 Å². The summed E-state index contributed by atoms with van der Waals surface area (Å²) in [5.41, 5.74) is -0.481. The number of esters is 1. The maximum Gasteiger partial charge on any atom is 0.326 e. The Balaban J connectivity index is 1.99. The second-order valence-corrected chi connectivity index (χ2v) is 8.05. The molecule has 0 bridgehead atoms. The molecule has 0 heterocycles. The summed E-state index contributed by atoms with van der Waals surface area (Å²) < 4.78 is 37.6. The number of nitrogens with zero attached hydrogens (tertiary/aromatic N) is 2. The van der Waals surface area contributed by atoms with Crippen molar-refractivity contribution in [2.75, 3.05) is 18.0 Å². The number of carbonyl (C=O) groups excluding carboxylic acids is 1. The predicted molar refractivity (Wildman–Crippen MR) is 113 cm³/mol. The lowest BCUT2D eigenvalue weighted by Crippen LogP contribution is -2.36. The number of benzene rings is 3. The molecule has 0 aromatic heterocycles. The summed E-state index contributed by atoms with van der Waals surface area (Å²) in [6, 6.07) is 19.8. The number of nitro groups is 1. The molecular formula is C21H18N2O7S. The first kappa shape index (κ1) is 21.8. The maximum absolute atomic E-state index is 13.3. The average Bonchev–Trinajstić information content (AvgIpc) is 2.78. The number of carbonyl (C=O) groups is 1. The summed E-state index contributed by atoms with van der Waals surface area (Å²) in [4.78, 5) is 21.9. The molecule has 3 aromatic rings. The fourth-order valence-electron chi connectivity index (χ4n) is 2.75. The zero-order valence-electron chi connectivity index (χ0n) is 16.4. The number of anilines is 1. The monoisotopic (exact) mass is 442 g/mol. The molecule has 0 saturated heterocycles. The van der Waals surface area contributed by atoms with Crippen LogP contribution in [-0.4, -0.2) is 33.0 Å². The predicted octanol–water partition coefficient (Wildman–Crippen LogP) is 3.76. The highest BCUT2D eigenvalue weighted by Crippen LogP contribution is 2.31. The molecule has 0 N–H and O–H groups in total. The van der Waals surface area contributed by atoms with Crippen LogP contribution in [0.1, 0.15) is 0 Å². The van der Waals surface area contributed by atoms with Crippen molar-refractivity contribution in [3.63, 3.8) is 0 Å². The van der Waals surface area contributed by atoms with Crippen LogP contribution in [0, 0.1) is 10.1 Å². The van der Waals surface area contributed by atoms with Gasteiger partial charge in [-0.1, -0.05) is 30.3 Å². The van der Waals surface area contributed by atoms with Gasteiger partial charge in [-0.05, 0) is 42.5 Å². The number of rotatable bonds is 8. The fraction of sp³-hybridized carbons (Fsp3) is 0.0952. The standard InChI is InChI=1S/C21H18N2O7S/c1-29-21(24)15-22(31(27,28)20-10-6-5-9-19(20)23(25)26)16-11-13-18(14-12-16)30-17-7-3-2-4-8-17/h2-14H,15H2,1H3. The van der Waals surface area contributed by atoms with E-state index in [2.05, 4.69) is 4.74 Å². The van der Waals surface area contributed by atoms with Crippen LogP contribution >= 0.6 is 0 Å². The third-order valence-corrected chi connectivity index (χ3v) is 6.06. The van der Waals surface area contributed by atoms with Crippen LogP contribution in [-0.2, 0) is 19.6 Å². The fourth-order valence-corrected chi connectivity index (χ4v) is 4.32. The quantitative estimate of drug-likeness (QED) is 0.296. The molecule has 9 nitrogen and oxygen atoms in total. The number of hydrogen-bond acceptors (Lipinski definition) is 7. The minimum atomic E-state index is -4.46. The minimum absolute atomic E-state index is 0.115. The summed E-state index contributed by atoms with van der Waals surface area (Å²) in [6.07, 6.45) is 0. The van der Waals surface area contributed by atoms with Gasteiger partial charge in [-0.3, -0.25) is 19.2 Å². The Morgan fingerprint density at radius 3 is 2.13 bits per heavy atom. The van der Waals surface area contributed by atoms with E-state index in [1.165, 1.54) is 36.4 Å². The Labute approximate surface area is 178 Å². The van der Waals surface area contributed by atoms with Crippen LogP contribution in [0.5, 0.6) is 11.5 Å². The van der Waals surface area contributed by atoms with E-state index in [4.69, 9.17) is 4.74 Å². The first-order valence-electron chi connectivity index (χ1n) is 8.99. The van der Waals surface area contributed by atoms with E-state index < -0.39 is 38.0 Å². The van der Waals surface area contributed by atoms with Crippen LogP contribution < -0.4 is 9.04 Å². The van der Waals surface area contributed by atoms with Crippen molar-refractivity contribution in [2.45, 2.75) is 4.90 Å². The molecule has 3 rings (SSSR count). The molecule has 0 fully saturated rings. The molecule has 0 aliphatic heterocycles. The molecule has 0 aliphatic rings. The summed E-state index contributed by atoms with van der Waals surface area (Å²) >= 11 is 0. The molecular weight excluding hydrogens is 424 g/mol. The lowest BCUT2D eigenvalue weighted by Gasteiger charge is -2.23. The molecule has 0 aliphatic carbocycles. The highest BCUT2D eigenvalue weighted by atomic mass is 32.2. The van der Waals surface area contributed by atoms with Crippen molar-refractivity contribution in [3.8, 4) is 11.5 Å². The van der Waals surface area contributed by atoms with Crippen molar-refractivity contribution < 1.29 is 27.6 Å². The normalized spacial score (nSPS) is 10.9. The van der Waals surface area contributed by atoms with Crippen LogP contribution in [0.25, 0.3) is 0 Å². The summed E-state index contributed by atoms with van der Waals surface area (Å²) in [6.45, 7) is -0.663. The van der Waals surface area contributed by atoms with Gasteiger partial charge in [-0.25, -0.2) is 8.42 Å². The molecule has 0 amide bonds. The number of hydrogen-bond donors (Lipinski definition) is 0. The second-order valence-electron chi connectivity index (χ2n) is 6.22. The van der Waals surface area contributed by atoms with Gasteiger partial charge in [0.15, 0.2) is 4.90 Å². The Kier molecular flexibility index (Phi) is 6.51. The molecule has 0 atom stereocenters. The van der Waals surface area contributed by atoms with Crippen LogP contribution in [0.15, 0.2) is 83.8 Å². The van der Waals surface area contributed by atoms with Gasteiger partial charge in [0.1, 0.15) is 18.0 Å². The Bertz CT molecular complexity index is 1180. The molecule has 0 unspecified atom stereocenters. The third-order valence-electron chi connectivity index (χ3n) is 4.23. The Hall–Kier alpha value is -3.92. The third kappa shape index (κ3) is 4.98. The molecule has 31 heavy (non-hydrogen) atoms. The van der Waals surface area contributed by atoms with Crippen LogP contribution in [0.3, 0.4) is 0 Å². The van der Waals surface area contributed by atoms with Crippen LogP contribution in [0.2, 0.25) is 0 Å². The van der Waals surface area contributed by atoms with Crippen molar-refractivity contribution in [3.05, 3.63) is 89.0 Å². The van der Waals surface area contributed by atoms with Crippen molar-refractivity contribution >= 4 is 27.4 Å². The van der Waals surface area contributed by atoms with E-state index in [0.717, 1.165) is 23.5 Å². The van der Waals surface area contributed by atoms with Gasteiger partial charge in [0.25, 0.3) is 15.7 Å². The Morgan fingerprint density at radius 1 is 0.935 bits per heavy atom. The molecule has 160 valence electrons. The van der Waals surface area contributed by atoms with Gasteiger partial charge in [0, 0.05) is 6.07 Å². The van der Waals surface area contributed by atoms with Gasteiger partial charge >= 0.3 is 5.97 Å². The largest absolute Gasteiger partial charge is 0.468 e. The van der Waals surface area contributed by atoms with Crippen LogP contribution in [0.4, 0.5) is 11.4 Å². The molecule has 0 radical (unpaired) electrons. The maximum atomic E-state index is 13.3. The molecule has 10 heteroatoms. The molecule has 0 spiro atoms. The molecule has 0 saturated carbocycles. The van der Waals surface area contributed by atoms with Gasteiger partial charge in [-0.15, -0.1) is 0 Å². The molecule has 3 aromatic carbocycles. The van der Waals surface area contributed by atoms with E-state index in [9.17, 15) is 23.3 Å². The number of nitro benzene ring substituents is 1. The van der Waals surface area contributed by atoms with E-state index in [1.807, 2.05) is 6.07 Å². The minimum Gasteiger partial charge on any atom is -0.468 e. The average molecular weight is 442 g/mol. The lowest BCUT2D eigenvalue weighted by molar-refractivity contribution is -0.387. The topological polar surface area (TPSA) is 116 Å². The second kappa shape index (κ2) is 9.26. The summed E-state index contributed by atoms with van der Waals surface area (Å²) in [5, 5.41) is 11.3. The summed E-state index contributed by atoms with van der Waals surface area (Å²) in [5.74, 6) is 0.206. The Morgan fingerprint density at radius 2 is 1.52 bits per heavy atom. The zero-order chi connectivity index (χ0) is 22.4. The van der Waals surface area contributed by atoms with Gasteiger partial charge in [0.05, 0.1) is 17.7 Å². The number of ether oxygens (including phenoxy) is 2. The van der Waals surface area contributed by atoms with Gasteiger partial charge in [-0.2, -0.15) is 0 Å².